The fourth-order valence-corrected chi connectivity index (χ4v) is 2.95. The summed E-state index contributed by atoms with van der Waals surface area (Å²) in [5.41, 5.74) is 6.89. The Balaban J connectivity index is 2.12. The summed E-state index contributed by atoms with van der Waals surface area (Å²) in [4.78, 5) is 25.6. The molecule has 0 fully saturated rings. The molecule has 3 N–H and O–H groups in total. The summed E-state index contributed by atoms with van der Waals surface area (Å²) in [6.07, 6.45) is 0.423. The maximum Gasteiger partial charge on any atom is 0.196 e. The van der Waals surface area contributed by atoms with Gasteiger partial charge in [0.1, 0.15) is 11.5 Å². The van der Waals surface area contributed by atoms with E-state index in [1.807, 2.05) is 25.1 Å². The van der Waals surface area contributed by atoms with Gasteiger partial charge in [-0.15, -0.1) is 0 Å². The smallest absolute Gasteiger partial charge is 0.196 e. The number of Topliss-reactive ketones (excluding diaryl/α,β-unsaturated/α-hetero) is 2. The fourth-order valence-electron chi connectivity index (χ4n) is 2.95. The predicted molar refractivity (Wildman–Crippen MR) is 97.8 cm³/mol. The number of hydrogen-bond donors (Lipinski definition) is 2. The maximum absolute atomic E-state index is 13.0. The molecule has 0 aliphatic heterocycles. The third-order valence-corrected chi connectivity index (χ3v) is 4.25. The van der Waals surface area contributed by atoms with E-state index in [0.717, 1.165) is 0 Å². The van der Waals surface area contributed by atoms with Crippen molar-refractivity contribution in [1.82, 2.24) is 0 Å². The quantitative estimate of drug-likeness (QED) is 0.810. The van der Waals surface area contributed by atoms with Crippen molar-refractivity contribution in [2.24, 2.45) is 5.73 Å². The van der Waals surface area contributed by atoms with E-state index in [2.05, 4.69) is 0 Å². The second-order valence-electron chi connectivity index (χ2n) is 5.82. The van der Waals surface area contributed by atoms with Gasteiger partial charge in [-0.1, -0.05) is 49.4 Å². The zero-order valence-electron chi connectivity index (χ0n) is 14.4. The monoisotopic (exact) mass is 349 g/mol. The average Bonchev–Trinajstić information content (AvgIpc) is 2.69. The van der Waals surface area contributed by atoms with Crippen molar-refractivity contribution in [3.8, 4) is 5.75 Å². The Labute approximate surface area is 151 Å². The molecule has 132 valence electrons. The average molecular weight is 349 g/mol. The van der Waals surface area contributed by atoms with Gasteiger partial charge < -0.3 is 15.6 Å². The van der Waals surface area contributed by atoms with Gasteiger partial charge in [-0.05, 0) is 12.1 Å². The largest absolute Gasteiger partial charge is 0.460 e. The first kappa shape index (κ1) is 17.6. The summed E-state index contributed by atoms with van der Waals surface area (Å²) in [5, 5.41) is 9.72. The van der Waals surface area contributed by atoms with Gasteiger partial charge >= 0.3 is 0 Å². The molecule has 0 unspecified atom stereocenters. The number of carbonyl (C=O) groups excluding carboxylic acids is 2. The van der Waals surface area contributed by atoms with E-state index in [1.165, 1.54) is 0 Å². The van der Waals surface area contributed by atoms with Gasteiger partial charge in [0, 0.05) is 23.1 Å². The number of rotatable bonds is 5. The van der Waals surface area contributed by atoms with Crippen molar-refractivity contribution in [3.05, 3.63) is 88.3 Å². The van der Waals surface area contributed by atoms with E-state index < -0.39 is 12.4 Å². The topological polar surface area (TPSA) is 89.6 Å². The molecule has 0 amide bonds. The van der Waals surface area contributed by atoms with E-state index in [1.54, 1.807) is 36.4 Å². The van der Waals surface area contributed by atoms with Crippen molar-refractivity contribution < 1.29 is 19.4 Å². The number of ether oxygens (including phenoxy) is 1. The third-order valence-electron chi connectivity index (χ3n) is 4.25. The molecule has 26 heavy (non-hydrogen) atoms. The molecule has 0 saturated carbocycles. The Morgan fingerprint density at radius 2 is 1.54 bits per heavy atom. The lowest BCUT2D eigenvalue weighted by atomic mass is 9.82. The number of allylic oxidation sites excluding steroid dienone is 2. The summed E-state index contributed by atoms with van der Waals surface area (Å²) in [7, 11) is 0. The Morgan fingerprint density at radius 3 is 2.12 bits per heavy atom. The van der Waals surface area contributed by atoms with Gasteiger partial charge in [0.25, 0.3) is 0 Å². The molecule has 5 nitrogen and oxygen atoms in total. The van der Waals surface area contributed by atoms with Crippen LogP contribution < -0.4 is 10.5 Å². The highest BCUT2D eigenvalue weighted by molar-refractivity contribution is 6.28. The lowest BCUT2D eigenvalue weighted by Crippen LogP contribution is -2.28. The summed E-state index contributed by atoms with van der Waals surface area (Å²) >= 11 is 0. The molecule has 5 heteroatoms. The number of aliphatic hydroxyl groups excluding tert-OH is 1. The van der Waals surface area contributed by atoms with Gasteiger partial charge in [0.2, 0.25) is 0 Å². The molecule has 2 aromatic carbocycles. The second kappa shape index (κ2) is 7.37. The Morgan fingerprint density at radius 1 is 0.962 bits per heavy atom. The van der Waals surface area contributed by atoms with Crippen LogP contribution in [0.3, 0.4) is 0 Å². The fraction of sp³-hybridized carbons (Fsp3) is 0.143. The van der Waals surface area contributed by atoms with Crippen LogP contribution in [0, 0.1) is 0 Å². The molecule has 0 saturated heterocycles. The minimum atomic E-state index is -0.572. The summed E-state index contributed by atoms with van der Waals surface area (Å²) < 4.78 is 5.82. The molecule has 3 rings (SSSR count). The van der Waals surface area contributed by atoms with Crippen LogP contribution in [0.4, 0.5) is 0 Å². The van der Waals surface area contributed by atoms with Crippen molar-refractivity contribution in [1.29, 1.82) is 0 Å². The molecule has 0 atom stereocenters. The van der Waals surface area contributed by atoms with Gasteiger partial charge in [0.05, 0.1) is 17.9 Å². The first-order chi connectivity index (χ1) is 12.6. The van der Waals surface area contributed by atoms with Crippen molar-refractivity contribution in [2.45, 2.75) is 13.3 Å². The molecule has 0 spiro atoms. The maximum atomic E-state index is 13.0. The molecular formula is C21H19NO4. The van der Waals surface area contributed by atoms with Crippen LogP contribution in [-0.2, 0) is 0 Å². The molecule has 0 bridgehead atoms. The van der Waals surface area contributed by atoms with Crippen LogP contribution in [-0.4, -0.2) is 23.3 Å². The Bertz CT molecular complexity index is 926. The van der Waals surface area contributed by atoms with Gasteiger partial charge in [-0.2, -0.15) is 0 Å². The Hall–Kier alpha value is -3.18. The van der Waals surface area contributed by atoms with Gasteiger partial charge in [-0.25, -0.2) is 0 Å². The number of aliphatic hydroxyl groups is 1. The van der Waals surface area contributed by atoms with Crippen LogP contribution in [0.25, 0.3) is 0 Å². The van der Waals surface area contributed by atoms with Crippen molar-refractivity contribution in [2.75, 3.05) is 6.61 Å². The zero-order chi connectivity index (χ0) is 18.7. The zero-order valence-corrected chi connectivity index (χ0v) is 14.4. The molecule has 0 heterocycles. The van der Waals surface area contributed by atoms with Crippen molar-refractivity contribution in [3.63, 3.8) is 0 Å². The minimum absolute atomic E-state index is 0.00573. The molecule has 0 aromatic heterocycles. The van der Waals surface area contributed by atoms with Gasteiger partial charge in [-0.3, -0.25) is 9.59 Å². The molecule has 1 aliphatic carbocycles. The van der Waals surface area contributed by atoms with Crippen molar-refractivity contribution >= 4 is 11.6 Å². The summed E-state index contributed by atoms with van der Waals surface area (Å²) in [5.74, 6) is 0.172. The molecule has 1 aliphatic rings. The minimum Gasteiger partial charge on any atom is -0.460 e. The lowest BCUT2D eigenvalue weighted by Gasteiger charge is -2.22. The number of nitrogens with two attached hydrogens (primary N) is 1. The number of carbonyl (C=O) groups is 2. The highest BCUT2D eigenvalue weighted by Crippen LogP contribution is 2.30. The molecule has 0 radical (unpaired) electrons. The number of fused-ring (bicyclic) bond motifs is 1. The predicted octanol–water partition coefficient (Wildman–Crippen LogP) is 3.01. The number of hydrogen-bond acceptors (Lipinski definition) is 5. The standard InChI is InChI=1S/C21H19NO4/c1-2-17(26-13-8-4-3-5-9-13)19(22)18-16(12-23)20(24)14-10-6-7-11-15(14)21(18)25/h3-11,23H,2,12,22H2,1H3/b19-17-. The highest BCUT2D eigenvalue weighted by Gasteiger charge is 2.33. The normalized spacial score (nSPS) is 14.8. The van der Waals surface area contributed by atoms with Crippen LogP contribution in [0.1, 0.15) is 34.1 Å². The van der Waals surface area contributed by atoms with Crippen LogP contribution >= 0.6 is 0 Å². The highest BCUT2D eigenvalue weighted by atomic mass is 16.5. The first-order valence-electron chi connectivity index (χ1n) is 8.32. The second-order valence-corrected chi connectivity index (χ2v) is 5.82. The Kier molecular flexibility index (Phi) is 5.00. The summed E-state index contributed by atoms with van der Waals surface area (Å²) in [6, 6.07) is 15.6. The molecular weight excluding hydrogens is 330 g/mol. The van der Waals surface area contributed by atoms with E-state index >= 15 is 0 Å². The lowest BCUT2D eigenvalue weighted by molar-refractivity contribution is 0.0964. The number of benzene rings is 2. The number of para-hydroxylation sites is 1. The van der Waals surface area contributed by atoms with E-state index in [-0.39, 0.29) is 33.8 Å². The van der Waals surface area contributed by atoms with E-state index in [0.29, 0.717) is 17.9 Å². The third kappa shape index (κ3) is 3.05. The number of ketones is 2. The first-order valence-corrected chi connectivity index (χ1v) is 8.32. The SMILES string of the molecule is CC/C(Oc1ccccc1)=C(/N)C1=C(CO)C(=O)c2ccccc2C1=O. The van der Waals surface area contributed by atoms with E-state index in [4.69, 9.17) is 10.5 Å². The summed E-state index contributed by atoms with van der Waals surface area (Å²) in [6.45, 7) is 1.27. The van der Waals surface area contributed by atoms with Crippen LogP contribution in [0.2, 0.25) is 0 Å². The van der Waals surface area contributed by atoms with Crippen LogP contribution in [0.5, 0.6) is 5.75 Å². The van der Waals surface area contributed by atoms with E-state index in [9.17, 15) is 14.7 Å². The van der Waals surface area contributed by atoms with Gasteiger partial charge in [0.15, 0.2) is 11.6 Å². The van der Waals surface area contributed by atoms with Crippen LogP contribution in [0.15, 0.2) is 77.2 Å². The molecule has 2 aromatic rings.